The maximum atomic E-state index is 12.7. The van der Waals surface area contributed by atoms with E-state index in [9.17, 15) is 4.79 Å². The average Bonchev–Trinajstić information content (AvgIpc) is 3.38. The normalized spacial score (nSPS) is 16.4. The van der Waals surface area contributed by atoms with E-state index in [2.05, 4.69) is 49.0 Å². The Balaban J connectivity index is 1.33. The maximum absolute atomic E-state index is 12.7. The summed E-state index contributed by atoms with van der Waals surface area (Å²) in [7, 11) is 1.75. The molecule has 3 aromatic heterocycles. The van der Waals surface area contributed by atoms with Gasteiger partial charge < -0.3 is 20.1 Å². The highest BCUT2D eigenvalue weighted by Gasteiger charge is 2.28. The molecule has 1 atom stereocenters. The van der Waals surface area contributed by atoms with Gasteiger partial charge in [-0.1, -0.05) is 5.16 Å². The van der Waals surface area contributed by atoms with Gasteiger partial charge >= 0.3 is 0 Å². The molecule has 1 aliphatic rings. The van der Waals surface area contributed by atoms with Gasteiger partial charge in [-0.2, -0.15) is 4.98 Å². The predicted octanol–water partition coefficient (Wildman–Crippen LogP) is 2.20. The third-order valence-electron chi connectivity index (χ3n) is 6.31. The van der Waals surface area contributed by atoms with Crippen LogP contribution in [0.25, 0.3) is 22.8 Å². The van der Waals surface area contributed by atoms with Crippen LogP contribution in [0.2, 0.25) is 0 Å². The summed E-state index contributed by atoms with van der Waals surface area (Å²) in [5, 5.41) is 4.07. The third-order valence-corrected chi connectivity index (χ3v) is 6.31. The van der Waals surface area contributed by atoms with Crippen LogP contribution in [0.15, 0.2) is 58.2 Å². The minimum Gasteiger partial charge on any atom is -0.368 e. The zero-order valence-corrected chi connectivity index (χ0v) is 20.8. The number of hydrogen-bond donors (Lipinski definition) is 1. The number of hydrogen-bond acceptors (Lipinski definition) is 10. The van der Waals surface area contributed by atoms with Crippen molar-refractivity contribution in [2.45, 2.75) is 32.4 Å². The molecule has 0 spiro atoms. The topological polar surface area (TPSA) is 132 Å². The first-order chi connectivity index (χ1) is 17.2. The quantitative estimate of drug-likeness (QED) is 0.447. The highest BCUT2D eigenvalue weighted by Crippen LogP contribution is 2.27. The van der Waals surface area contributed by atoms with Gasteiger partial charge in [0.2, 0.25) is 17.7 Å². The van der Waals surface area contributed by atoms with Crippen LogP contribution >= 0.6 is 0 Å². The van der Waals surface area contributed by atoms with E-state index in [0.717, 1.165) is 30.9 Å². The molecule has 1 aliphatic heterocycles. The fourth-order valence-corrected chi connectivity index (χ4v) is 4.27. The van der Waals surface area contributed by atoms with Crippen LogP contribution < -0.4 is 21.1 Å². The lowest BCUT2D eigenvalue weighted by molar-refractivity contribution is 0.312. The zero-order chi connectivity index (χ0) is 25.4. The third kappa shape index (κ3) is 4.57. The van der Waals surface area contributed by atoms with Crippen LogP contribution in [0.4, 0.5) is 11.6 Å². The molecule has 1 aromatic carbocycles. The van der Waals surface area contributed by atoms with Crippen LogP contribution in [0.5, 0.6) is 0 Å². The number of nitrogens with zero attached hydrogens (tertiary/aromatic N) is 8. The van der Waals surface area contributed by atoms with Gasteiger partial charge in [-0.3, -0.25) is 9.36 Å². The molecule has 4 heterocycles. The van der Waals surface area contributed by atoms with Crippen molar-refractivity contribution in [2.75, 3.05) is 29.4 Å². The Morgan fingerprint density at radius 2 is 1.86 bits per heavy atom. The van der Waals surface area contributed by atoms with E-state index in [1.165, 1.54) is 12.4 Å². The Labute approximate surface area is 208 Å². The molecule has 186 valence electrons. The number of anilines is 2. The maximum Gasteiger partial charge on any atom is 0.255 e. The molecule has 2 N–H and O–H groups in total. The average molecular weight is 488 g/mol. The SMILES string of the molecule is C[C@@H]1CN(c2ccc(-c3noc(C(C)(C)N)n3)cc2)CCN1c1nc(-c2ccncn2)cc(=O)n1C. The van der Waals surface area contributed by atoms with Crippen LogP contribution in [0.3, 0.4) is 0 Å². The van der Waals surface area contributed by atoms with Crippen LogP contribution in [0, 0.1) is 0 Å². The molecule has 0 aliphatic carbocycles. The van der Waals surface area contributed by atoms with E-state index in [4.69, 9.17) is 15.2 Å². The Morgan fingerprint density at radius 3 is 2.50 bits per heavy atom. The summed E-state index contributed by atoms with van der Waals surface area (Å²) in [4.78, 5) is 34.6. The van der Waals surface area contributed by atoms with Crippen LogP contribution in [-0.2, 0) is 12.6 Å². The fraction of sp³-hybridized carbons (Fsp3) is 0.360. The lowest BCUT2D eigenvalue weighted by Gasteiger charge is -2.42. The predicted molar refractivity (Wildman–Crippen MR) is 136 cm³/mol. The molecule has 5 rings (SSSR count). The summed E-state index contributed by atoms with van der Waals surface area (Å²) in [6.45, 7) is 8.07. The summed E-state index contributed by atoms with van der Waals surface area (Å²) >= 11 is 0. The number of piperazine rings is 1. The van der Waals surface area contributed by atoms with Crippen molar-refractivity contribution in [1.82, 2.24) is 29.7 Å². The molecular weight excluding hydrogens is 458 g/mol. The Morgan fingerprint density at radius 1 is 1.08 bits per heavy atom. The van der Waals surface area contributed by atoms with E-state index >= 15 is 0 Å². The summed E-state index contributed by atoms with van der Waals surface area (Å²) < 4.78 is 6.90. The van der Waals surface area contributed by atoms with Crippen LogP contribution in [-0.4, -0.2) is 55.3 Å². The minimum absolute atomic E-state index is 0.124. The highest BCUT2D eigenvalue weighted by atomic mass is 16.5. The van der Waals surface area contributed by atoms with Gasteiger partial charge in [0.1, 0.15) is 6.33 Å². The smallest absolute Gasteiger partial charge is 0.255 e. The van der Waals surface area contributed by atoms with E-state index in [0.29, 0.717) is 29.1 Å². The first-order valence-electron chi connectivity index (χ1n) is 11.8. The molecule has 11 nitrogen and oxygen atoms in total. The largest absolute Gasteiger partial charge is 0.368 e. The second-order valence-corrected chi connectivity index (χ2v) is 9.61. The highest BCUT2D eigenvalue weighted by molar-refractivity contribution is 5.61. The first-order valence-corrected chi connectivity index (χ1v) is 11.8. The summed E-state index contributed by atoms with van der Waals surface area (Å²) in [5.74, 6) is 1.55. The van der Waals surface area contributed by atoms with Gasteiger partial charge in [-0.15, -0.1) is 0 Å². The standard InChI is InChI=1S/C25H29N9O2/c1-16-14-33(18-7-5-17(6-8-18)22-30-23(36-31-22)25(2,3)26)11-12-34(16)24-29-20(13-21(35)32(24)4)19-9-10-27-15-28-19/h5-10,13,15-16H,11-12,14,26H2,1-4H3/t16-/m1/s1. The second-order valence-electron chi connectivity index (χ2n) is 9.61. The van der Waals surface area contributed by atoms with Gasteiger partial charge in [0.15, 0.2) is 0 Å². The van der Waals surface area contributed by atoms with Gasteiger partial charge in [-0.05, 0) is 51.1 Å². The number of benzene rings is 1. The van der Waals surface area contributed by atoms with E-state index < -0.39 is 5.54 Å². The lowest BCUT2D eigenvalue weighted by Crippen LogP contribution is -2.53. The molecule has 36 heavy (non-hydrogen) atoms. The Kier molecular flexibility index (Phi) is 6.00. The minimum atomic E-state index is -0.687. The molecule has 4 aromatic rings. The molecule has 0 amide bonds. The van der Waals surface area contributed by atoms with Gasteiger partial charge in [0.05, 0.1) is 16.9 Å². The summed E-state index contributed by atoms with van der Waals surface area (Å²) in [6, 6.07) is 11.5. The monoisotopic (exact) mass is 487 g/mol. The van der Waals surface area contributed by atoms with E-state index in [1.54, 1.807) is 23.9 Å². The van der Waals surface area contributed by atoms with Crippen molar-refractivity contribution < 1.29 is 4.52 Å². The molecule has 1 saturated heterocycles. The Hall–Kier alpha value is -4.12. The van der Waals surface area contributed by atoms with E-state index in [1.807, 2.05) is 26.0 Å². The molecular formula is C25H29N9O2. The molecule has 1 fully saturated rings. The fourth-order valence-electron chi connectivity index (χ4n) is 4.27. The van der Waals surface area contributed by atoms with Crippen molar-refractivity contribution in [3.8, 4) is 22.8 Å². The number of aromatic nitrogens is 6. The van der Waals surface area contributed by atoms with Gasteiger partial charge in [-0.25, -0.2) is 15.0 Å². The second kappa shape index (κ2) is 9.15. The van der Waals surface area contributed by atoms with Crippen LogP contribution in [0.1, 0.15) is 26.7 Å². The van der Waals surface area contributed by atoms with Crippen molar-refractivity contribution >= 4 is 11.6 Å². The van der Waals surface area contributed by atoms with Crippen molar-refractivity contribution in [3.05, 3.63) is 65.2 Å². The first kappa shape index (κ1) is 23.6. The van der Waals surface area contributed by atoms with E-state index in [-0.39, 0.29) is 11.6 Å². The molecule has 0 unspecified atom stereocenters. The van der Waals surface area contributed by atoms with Crippen molar-refractivity contribution in [1.29, 1.82) is 0 Å². The molecule has 0 saturated carbocycles. The number of nitrogens with two attached hydrogens (primary N) is 1. The molecule has 11 heteroatoms. The summed E-state index contributed by atoms with van der Waals surface area (Å²) in [6.07, 6.45) is 3.10. The summed E-state index contributed by atoms with van der Waals surface area (Å²) in [5.41, 5.74) is 8.38. The Bertz CT molecular complexity index is 1410. The zero-order valence-electron chi connectivity index (χ0n) is 20.8. The van der Waals surface area contributed by atoms with Gasteiger partial charge in [0.25, 0.3) is 5.56 Å². The molecule has 0 bridgehead atoms. The van der Waals surface area contributed by atoms with Crippen molar-refractivity contribution in [2.24, 2.45) is 12.8 Å². The van der Waals surface area contributed by atoms with Gasteiger partial charge in [0, 0.05) is 56.2 Å². The number of rotatable bonds is 5. The lowest BCUT2D eigenvalue weighted by atomic mass is 10.1. The molecule has 0 radical (unpaired) electrons. The van der Waals surface area contributed by atoms with Crippen molar-refractivity contribution in [3.63, 3.8) is 0 Å².